The van der Waals surface area contributed by atoms with E-state index in [1.165, 1.54) is 5.56 Å². The Bertz CT molecular complexity index is 998. The molecule has 4 aromatic rings. The Hall–Kier alpha value is -2.93. The molecule has 0 aliphatic rings. The van der Waals surface area contributed by atoms with E-state index in [0.717, 1.165) is 29.5 Å². The summed E-state index contributed by atoms with van der Waals surface area (Å²) in [5, 5.41) is 13.6. The molecule has 6 nitrogen and oxygen atoms in total. The van der Waals surface area contributed by atoms with Crippen molar-refractivity contribution in [1.82, 2.24) is 24.9 Å². The zero-order valence-corrected chi connectivity index (χ0v) is 15.8. The summed E-state index contributed by atoms with van der Waals surface area (Å²) in [5.41, 5.74) is 2.17. The van der Waals surface area contributed by atoms with Gasteiger partial charge < -0.3 is 9.09 Å². The SMILES string of the molecule is CCn1c(Cc2ccccc2)nnc1SCc1nc(-c2ccccc2)no1. The van der Waals surface area contributed by atoms with Crippen molar-refractivity contribution in [3.8, 4) is 11.4 Å². The molecule has 2 heterocycles. The Balaban J connectivity index is 1.45. The van der Waals surface area contributed by atoms with Crippen molar-refractivity contribution in [2.24, 2.45) is 0 Å². The van der Waals surface area contributed by atoms with Crippen LogP contribution >= 0.6 is 11.8 Å². The lowest BCUT2D eigenvalue weighted by molar-refractivity contribution is 0.391. The van der Waals surface area contributed by atoms with Crippen LogP contribution in [0.2, 0.25) is 0 Å². The minimum absolute atomic E-state index is 0.559. The molecule has 0 radical (unpaired) electrons. The molecule has 2 aromatic heterocycles. The van der Waals surface area contributed by atoms with Crippen molar-refractivity contribution in [2.75, 3.05) is 0 Å². The average molecular weight is 377 g/mol. The highest BCUT2D eigenvalue weighted by molar-refractivity contribution is 7.98. The molecular weight excluding hydrogens is 358 g/mol. The Morgan fingerprint density at radius 1 is 0.963 bits per heavy atom. The lowest BCUT2D eigenvalue weighted by Crippen LogP contribution is -2.04. The molecule has 0 saturated carbocycles. The van der Waals surface area contributed by atoms with Gasteiger partial charge in [0.15, 0.2) is 5.16 Å². The van der Waals surface area contributed by atoms with E-state index in [-0.39, 0.29) is 0 Å². The topological polar surface area (TPSA) is 69.6 Å². The third-order valence-electron chi connectivity index (χ3n) is 4.14. The molecule has 0 atom stereocenters. The van der Waals surface area contributed by atoms with Gasteiger partial charge in [-0.15, -0.1) is 10.2 Å². The summed E-state index contributed by atoms with van der Waals surface area (Å²) in [4.78, 5) is 4.47. The molecule has 0 unspecified atom stereocenters. The minimum atomic E-state index is 0.559. The predicted octanol–water partition coefficient (Wildman–Crippen LogP) is 4.23. The highest BCUT2D eigenvalue weighted by Crippen LogP contribution is 2.23. The zero-order chi connectivity index (χ0) is 18.5. The summed E-state index contributed by atoms with van der Waals surface area (Å²) >= 11 is 1.56. The first-order valence-electron chi connectivity index (χ1n) is 8.80. The molecule has 0 N–H and O–H groups in total. The molecule has 2 aromatic carbocycles. The van der Waals surface area contributed by atoms with Gasteiger partial charge in [0.25, 0.3) is 0 Å². The summed E-state index contributed by atoms with van der Waals surface area (Å²) < 4.78 is 7.51. The van der Waals surface area contributed by atoms with Gasteiger partial charge in [0.1, 0.15) is 5.82 Å². The summed E-state index contributed by atoms with van der Waals surface area (Å²) in [5.74, 6) is 2.70. The molecule has 27 heavy (non-hydrogen) atoms. The second-order valence-corrected chi connectivity index (χ2v) is 6.91. The van der Waals surface area contributed by atoms with E-state index in [2.05, 4.69) is 44.0 Å². The third-order valence-corrected chi connectivity index (χ3v) is 5.09. The highest BCUT2D eigenvalue weighted by Gasteiger charge is 2.14. The van der Waals surface area contributed by atoms with E-state index in [9.17, 15) is 0 Å². The molecule has 0 saturated heterocycles. The Morgan fingerprint density at radius 3 is 2.44 bits per heavy atom. The van der Waals surface area contributed by atoms with Crippen LogP contribution in [0.25, 0.3) is 11.4 Å². The van der Waals surface area contributed by atoms with Gasteiger partial charge >= 0.3 is 0 Å². The van der Waals surface area contributed by atoms with E-state index in [0.29, 0.717) is 17.5 Å². The van der Waals surface area contributed by atoms with Gasteiger partial charge in [0.2, 0.25) is 11.7 Å². The van der Waals surface area contributed by atoms with Crippen molar-refractivity contribution >= 4 is 11.8 Å². The molecule has 0 fully saturated rings. The van der Waals surface area contributed by atoms with E-state index >= 15 is 0 Å². The highest BCUT2D eigenvalue weighted by atomic mass is 32.2. The Labute approximate surface area is 161 Å². The van der Waals surface area contributed by atoms with Gasteiger partial charge in [-0.1, -0.05) is 77.6 Å². The fourth-order valence-electron chi connectivity index (χ4n) is 2.80. The van der Waals surface area contributed by atoms with E-state index in [1.54, 1.807) is 11.8 Å². The summed E-state index contributed by atoms with van der Waals surface area (Å²) in [7, 11) is 0. The summed E-state index contributed by atoms with van der Waals surface area (Å²) in [6.45, 7) is 2.92. The lowest BCUT2D eigenvalue weighted by atomic mass is 10.1. The van der Waals surface area contributed by atoms with Crippen LogP contribution in [0.3, 0.4) is 0 Å². The van der Waals surface area contributed by atoms with E-state index in [4.69, 9.17) is 4.52 Å². The van der Waals surface area contributed by atoms with Crippen LogP contribution in [0.1, 0.15) is 24.2 Å². The number of hydrogen-bond donors (Lipinski definition) is 0. The molecule has 0 aliphatic heterocycles. The number of benzene rings is 2. The van der Waals surface area contributed by atoms with Gasteiger partial charge in [-0.05, 0) is 12.5 Å². The lowest BCUT2D eigenvalue weighted by Gasteiger charge is -2.06. The van der Waals surface area contributed by atoms with Crippen molar-refractivity contribution < 1.29 is 4.52 Å². The maximum absolute atomic E-state index is 5.38. The Morgan fingerprint density at radius 2 is 1.70 bits per heavy atom. The number of aromatic nitrogens is 5. The standard InChI is InChI=1S/C20H19N5OS/c1-2-25-17(13-15-9-5-3-6-10-15)22-23-20(25)27-14-18-21-19(24-26-18)16-11-7-4-8-12-16/h3-12H,2,13-14H2,1H3. The second kappa shape index (κ2) is 8.18. The maximum Gasteiger partial charge on any atom is 0.237 e. The van der Waals surface area contributed by atoms with Crippen LogP contribution in [0.15, 0.2) is 70.3 Å². The van der Waals surface area contributed by atoms with Gasteiger partial charge in [-0.3, -0.25) is 0 Å². The first-order chi connectivity index (χ1) is 13.3. The monoisotopic (exact) mass is 377 g/mol. The summed E-state index contributed by atoms with van der Waals surface area (Å²) in [6, 6.07) is 20.1. The molecule has 0 bridgehead atoms. The van der Waals surface area contributed by atoms with Gasteiger partial charge in [0.05, 0.1) is 5.75 Å². The largest absolute Gasteiger partial charge is 0.338 e. The Kier molecular flexibility index (Phi) is 5.29. The van der Waals surface area contributed by atoms with Crippen LogP contribution in [0, 0.1) is 0 Å². The molecule has 0 spiro atoms. The van der Waals surface area contributed by atoms with Crippen molar-refractivity contribution in [3.05, 3.63) is 77.9 Å². The van der Waals surface area contributed by atoms with Gasteiger partial charge in [-0.2, -0.15) is 4.98 Å². The third kappa shape index (κ3) is 4.09. The van der Waals surface area contributed by atoms with Crippen LogP contribution in [-0.2, 0) is 18.7 Å². The van der Waals surface area contributed by atoms with Crippen molar-refractivity contribution in [1.29, 1.82) is 0 Å². The number of thioether (sulfide) groups is 1. The van der Waals surface area contributed by atoms with Crippen molar-refractivity contribution in [3.63, 3.8) is 0 Å². The van der Waals surface area contributed by atoms with Gasteiger partial charge in [0, 0.05) is 18.5 Å². The zero-order valence-electron chi connectivity index (χ0n) is 14.9. The number of nitrogens with zero attached hydrogens (tertiary/aromatic N) is 5. The van der Waals surface area contributed by atoms with E-state index < -0.39 is 0 Å². The van der Waals surface area contributed by atoms with Crippen LogP contribution in [0.4, 0.5) is 0 Å². The van der Waals surface area contributed by atoms with Crippen LogP contribution in [-0.4, -0.2) is 24.9 Å². The minimum Gasteiger partial charge on any atom is -0.338 e. The van der Waals surface area contributed by atoms with Crippen LogP contribution in [0.5, 0.6) is 0 Å². The molecule has 136 valence electrons. The first kappa shape index (κ1) is 17.5. The molecular formula is C20H19N5OS. The quantitative estimate of drug-likeness (QED) is 0.449. The predicted molar refractivity (Wildman–Crippen MR) is 104 cm³/mol. The molecule has 7 heteroatoms. The second-order valence-electron chi connectivity index (χ2n) is 5.97. The van der Waals surface area contributed by atoms with Crippen molar-refractivity contribution in [2.45, 2.75) is 30.8 Å². The normalized spacial score (nSPS) is 11.0. The van der Waals surface area contributed by atoms with Gasteiger partial charge in [-0.25, -0.2) is 0 Å². The smallest absolute Gasteiger partial charge is 0.237 e. The van der Waals surface area contributed by atoms with E-state index in [1.807, 2.05) is 48.5 Å². The molecule has 0 aliphatic carbocycles. The molecule has 0 amide bonds. The number of hydrogen-bond acceptors (Lipinski definition) is 6. The number of rotatable bonds is 7. The van der Waals surface area contributed by atoms with Crippen LogP contribution < -0.4 is 0 Å². The first-order valence-corrected chi connectivity index (χ1v) is 9.79. The fourth-order valence-corrected chi connectivity index (χ4v) is 3.66. The summed E-state index contributed by atoms with van der Waals surface area (Å²) in [6.07, 6.45) is 0.765. The maximum atomic E-state index is 5.38. The fraction of sp³-hybridized carbons (Fsp3) is 0.200. The molecule has 4 rings (SSSR count). The average Bonchev–Trinajstić information content (AvgIpc) is 3.34.